The van der Waals surface area contributed by atoms with Gasteiger partial charge >= 0.3 is 0 Å². The third-order valence-corrected chi connectivity index (χ3v) is 4.07. The Bertz CT molecular complexity index is 670. The summed E-state index contributed by atoms with van der Waals surface area (Å²) in [5, 5.41) is 0.206. The average molecular weight is 317 g/mol. The van der Waals surface area contributed by atoms with Crippen LogP contribution >= 0.6 is 22.3 Å². The van der Waals surface area contributed by atoms with E-state index in [1.807, 2.05) is 30.3 Å². The van der Waals surface area contributed by atoms with Crippen LogP contribution in [0.5, 0.6) is 5.75 Å². The highest BCUT2D eigenvalue weighted by Gasteiger charge is 2.12. The summed E-state index contributed by atoms with van der Waals surface area (Å²) < 4.78 is 27.8. The minimum absolute atomic E-state index is 0.0498. The van der Waals surface area contributed by atoms with Crippen LogP contribution in [0.25, 0.3) is 0 Å². The van der Waals surface area contributed by atoms with E-state index in [0.29, 0.717) is 12.4 Å². The Labute approximate surface area is 121 Å². The molecule has 0 fully saturated rings. The van der Waals surface area contributed by atoms with Gasteiger partial charge < -0.3 is 4.74 Å². The van der Waals surface area contributed by atoms with Crippen molar-refractivity contribution in [3.63, 3.8) is 0 Å². The molecule has 0 atom stereocenters. The lowest BCUT2D eigenvalue weighted by molar-refractivity contribution is 0.306. The maximum absolute atomic E-state index is 11.1. The van der Waals surface area contributed by atoms with Gasteiger partial charge in [-0.15, -0.1) is 0 Å². The van der Waals surface area contributed by atoms with E-state index in [1.54, 1.807) is 0 Å². The second-order valence-corrected chi connectivity index (χ2v) is 6.78. The molecule has 0 aliphatic heterocycles. The van der Waals surface area contributed by atoms with Gasteiger partial charge in [0.2, 0.25) is 0 Å². The Morgan fingerprint density at radius 1 is 1.05 bits per heavy atom. The van der Waals surface area contributed by atoms with Crippen LogP contribution in [0.15, 0.2) is 53.4 Å². The molecule has 0 aromatic heterocycles. The molecular weight excluding hydrogens is 307 g/mol. The van der Waals surface area contributed by atoms with Crippen LogP contribution in [0, 0.1) is 0 Å². The van der Waals surface area contributed by atoms with Crippen molar-refractivity contribution in [3.8, 4) is 5.75 Å². The number of ether oxygens (including phenoxy) is 1. The molecule has 2 rings (SSSR count). The van der Waals surface area contributed by atoms with Gasteiger partial charge in [-0.05, 0) is 23.8 Å². The molecular formula is C13H10Cl2O3S. The van der Waals surface area contributed by atoms with Crippen LogP contribution in [0.1, 0.15) is 5.56 Å². The van der Waals surface area contributed by atoms with Crippen molar-refractivity contribution < 1.29 is 13.2 Å². The monoisotopic (exact) mass is 316 g/mol. The van der Waals surface area contributed by atoms with E-state index in [2.05, 4.69) is 0 Å². The van der Waals surface area contributed by atoms with Gasteiger partial charge in [0.05, 0.1) is 9.92 Å². The molecule has 0 heterocycles. The molecule has 100 valence electrons. The molecule has 0 saturated carbocycles. The number of rotatable bonds is 4. The van der Waals surface area contributed by atoms with Crippen LogP contribution in [0.2, 0.25) is 5.02 Å². The summed E-state index contributed by atoms with van der Waals surface area (Å²) in [5.41, 5.74) is 0.993. The zero-order valence-electron chi connectivity index (χ0n) is 9.71. The molecule has 0 radical (unpaired) electrons. The minimum Gasteiger partial charge on any atom is -0.487 e. The van der Waals surface area contributed by atoms with E-state index in [1.165, 1.54) is 18.2 Å². The Morgan fingerprint density at radius 3 is 2.32 bits per heavy atom. The maximum atomic E-state index is 11.1. The number of benzene rings is 2. The third-order valence-electron chi connectivity index (χ3n) is 2.42. The first-order valence-electron chi connectivity index (χ1n) is 5.38. The number of hydrogen-bond acceptors (Lipinski definition) is 3. The average Bonchev–Trinajstić information content (AvgIpc) is 2.37. The van der Waals surface area contributed by atoms with E-state index >= 15 is 0 Å². The fourth-order valence-electron chi connectivity index (χ4n) is 1.49. The van der Waals surface area contributed by atoms with Gasteiger partial charge in [-0.25, -0.2) is 8.42 Å². The van der Waals surface area contributed by atoms with Gasteiger partial charge in [0.25, 0.3) is 9.05 Å². The summed E-state index contributed by atoms with van der Waals surface area (Å²) >= 11 is 5.95. The minimum atomic E-state index is -3.78. The van der Waals surface area contributed by atoms with E-state index in [-0.39, 0.29) is 9.92 Å². The van der Waals surface area contributed by atoms with Gasteiger partial charge in [-0.3, -0.25) is 0 Å². The zero-order chi connectivity index (χ0) is 13.9. The van der Waals surface area contributed by atoms with Crippen molar-refractivity contribution >= 4 is 31.3 Å². The molecule has 0 saturated heterocycles. The fourth-order valence-corrected chi connectivity index (χ4v) is 2.56. The Morgan fingerprint density at radius 2 is 1.74 bits per heavy atom. The van der Waals surface area contributed by atoms with Crippen LogP contribution in [-0.4, -0.2) is 8.42 Å². The quantitative estimate of drug-likeness (QED) is 0.805. The van der Waals surface area contributed by atoms with Crippen LogP contribution < -0.4 is 4.74 Å². The van der Waals surface area contributed by atoms with E-state index in [0.717, 1.165) is 5.56 Å². The largest absolute Gasteiger partial charge is 0.487 e. The summed E-state index contributed by atoms with van der Waals surface area (Å²) in [5.74, 6) is 0.412. The Kier molecular flexibility index (Phi) is 4.34. The standard InChI is InChI=1S/C13H10Cl2O3S/c14-12-8-11(19(15,16)17)6-7-13(12)18-9-10-4-2-1-3-5-10/h1-8H,9H2. The van der Waals surface area contributed by atoms with Crippen LogP contribution in [0.3, 0.4) is 0 Å². The summed E-state index contributed by atoms with van der Waals surface area (Å²) in [6.07, 6.45) is 0. The lowest BCUT2D eigenvalue weighted by Crippen LogP contribution is -1.97. The van der Waals surface area contributed by atoms with Gasteiger partial charge in [0.15, 0.2) is 0 Å². The lowest BCUT2D eigenvalue weighted by atomic mass is 10.2. The molecule has 0 spiro atoms. The van der Waals surface area contributed by atoms with Gasteiger partial charge in [-0.1, -0.05) is 41.9 Å². The zero-order valence-corrected chi connectivity index (χ0v) is 12.0. The molecule has 3 nitrogen and oxygen atoms in total. The number of hydrogen-bond donors (Lipinski definition) is 0. The van der Waals surface area contributed by atoms with Crippen molar-refractivity contribution in [3.05, 3.63) is 59.1 Å². The highest BCUT2D eigenvalue weighted by molar-refractivity contribution is 8.13. The first-order chi connectivity index (χ1) is 8.97. The van der Waals surface area contributed by atoms with Crippen molar-refractivity contribution in [2.24, 2.45) is 0 Å². The second-order valence-electron chi connectivity index (χ2n) is 3.80. The Hall–Kier alpha value is -1.23. The van der Waals surface area contributed by atoms with Gasteiger partial charge in [-0.2, -0.15) is 0 Å². The molecule has 2 aromatic rings. The molecule has 0 N–H and O–H groups in total. The SMILES string of the molecule is O=S(=O)(Cl)c1ccc(OCc2ccccc2)c(Cl)c1. The maximum Gasteiger partial charge on any atom is 0.261 e. The van der Waals surface area contributed by atoms with Crippen molar-refractivity contribution in [1.82, 2.24) is 0 Å². The first kappa shape index (κ1) is 14.2. The normalized spacial score (nSPS) is 11.3. The molecule has 19 heavy (non-hydrogen) atoms. The lowest BCUT2D eigenvalue weighted by Gasteiger charge is -2.08. The van der Waals surface area contributed by atoms with Gasteiger partial charge in [0, 0.05) is 10.7 Å². The van der Waals surface area contributed by atoms with Crippen molar-refractivity contribution in [2.45, 2.75) is 11.5 Å². The summed E-state index contributed by atoms with van der Waals surface area (Å²) in [7, 11) is 1.45. The van der Waals surface area contributed by atoms with Crippen molar-refractivity contribution in [2.75, 3.05) is 0 Å². The highest BCUT2D eigenvalue weighted by atomic mass is 35.7. The summed E-state index contributed by atoms with van der Waals surface area (Å²) in [4.78, 5) is -0.0498. The smallest absolute Gasteiger partial charge is 0.261 e. The highest BCUT2D eigenvalue weighted by Crippen LogP contribution is 2.29. The fraction of sp³-hybridized carbons (Fsp3) is 0.0769. The molecule has 0 bridgehead atoms. The topological polar surface area (TPSA) is 43.4 Å². The van der Waals surface area contributed by atoms with E-state index in [9.17, 15) is 8.42 Å². The van der Waals surface area contributed by atoms with Crippen LogP contribution in [-0.2, 0) is 15.7 Å². The molecule has 2 aromatic carbocycles. The van der Waals surface area contributed by atoms with Crippen molar-refractivity contribution in [1.29, 1.82) is 0 Å². The first-order valence-corrected chi connectivity index (χ1v) is 8.06. The van der Waals surface area contributed by atoms with Gasteiger partial charge in [0.1, 0.15) is 12.4 Å². The molecule has 0 unspecified atom stereocenters. The second kappa shape index (κ2) is 5.82. The van der Waals surface area contributed by atoms with E-state index < -0.39 is 9.05 Å². The summed E-state index contributed by atoms with van der Waals surface area (Å²) in [6, 6.07) is 13.7. The molecule has 6 heteroatoms. The predicted octanol–water partition coefficient (Wildman–Crippen LogP) is 3.85. The van der Waals surface area contributed by atoms with E-state index in [4.69, 9.17) is 27.0 Å². The predicted molar refractivity (Wildman–Crippen MR) is 75.3 cm³/mol. The molecule has 0 aliphatic rings. The third kappa shape index (κ3) is 3.86. The molecule has 0 aliphatic carbocycles. The summed E-state index contributed by atoms with van der Waals surface area (Å²) in [6.45, 7) is 0.355. The Balaban J connectivity index is 2.14. The van der Waals surface area contributed by atoms with Crippen LogP contribution in [0.4, 0.5) is 0 Å². The number of halogens is 2. The molecule has 0 amide bonds.